The summed E-state index contributed by atoms with van der Waals surface area (Å²) in [6, 6.07) is 0. The van der Waals surface area contributed by atoms with E-state index in [1.165, 1.54) is 7.05 Å². The standard InChI is InChI=1S/C5H12N2O2/c1-5(2,6)7(3)4(8)9/h6H2,1-3H3,(H,8,9). The van der Waals surface area contributed by atoms with Crippen LogP contribution >= 0.6 is 0 Å². The Balaban J connectivity index is 4.04. The molecule has 0 aromatic rings. The van der Waals surface area contributed by atoms with Gasteiger partial charge in [-0.25, -0.2) is 4.79 Å². The van der Waals surface area contributed by atoms with Gasteiger partial charge in [-0.1, -0.05) is 0 Å². The maximum absolute atomic E-state index is 10.2. The molecule has 0 bridgehead atoms. The number of hydrogen-bond acceptors (Lipinski definition) is 2. The van der Waals surface area contributed by atoms with Crippen LogP contribution in [0.4, 0.5) is 4.79 Å². The molecule has 0 saturated carbocycles. The summed E-state index contributed by atoms with van der Waals surface area (Å²) in [5, 5.41) is 8.36. The minimum Gasteiger partial charge on any atom is -0.465 e. The van der Waals surface area contributed by atoms with Crippen LogP contribution in [-0.4, -0.2) is 28.8 Å². The molecule has 9 heavy (non-hydrogen) atoms. The molecule has 3 N–H and O–H groups in total. The molecule has 0 fully saturated rings. The molecule has 0 heterocycles. The average Bonchev–Trinajstić information content (AvgIpc) is 1.62. The fourth-order valence-electron chi connectivity index (χ4n) is 0.247. The van der Waals surface area contributed by atoms with Gasteiger partial charge in [0.25, 0.3) is 0 Å². The lowest BCUT2D eigenvalue weighted by Gasteiger charge is -2.28. The van der Waals surface area contributed by atoms with E-state index in [-0.39, 0.29) is 0 Å². The number of hydrogen-bond donors (Lipinski definition) is 2. The van der Waals surface area contributed by atoms with Gasteiger partial charge in [0, 0.05) is 7.05 Å². The van der Waals surface area contributed by atoms with E-state index in [1.807, 2.05) is 0 Å². The van der Waals surface area contributed by atoms with E-state index in [0.29, 0.717) is 0 Å². The predicted molar refractivity (Wildman–Crippen MR) is 34.1 cm³/mol. The first kappa shape index (κ1) is 8.23. The fourth-order valence-corrected chi connectivity index (χ4v) is 0.247. The maximum Gasteiger partial charge on any atom is 0.408 e. The molecule has 54 valence electrons. The van der Waals surface area contributed by atoms with Crippen molar-refractivity contribution in [1.82, 2.24) is 4.90 Å². The second kappa shape index (κ2) is 2.23. The first-order valence-electron chi connectivity index (χ1n) is 2.61. The van der Waals surface area contributed by atoms with Crippen molar-refractivity contribution >= 4 is 6.09 Å². The molecule has 0 aliphatic carbocycles. The zero-order valence-electron chi connectivity index (χ0n) is 5.88. The van der Waals surface area contributed by atoms with Crippen LogP contribution in [0.5, 0.6) is 0 Å². The first-order valence-corrected chi connectivity index (χ1v) is 2.61. The lowest BCUT2D eigenvalue weighted by atomic mass is 10.2. The molecular weight excluding hydrogens is 120 g/mol. The van der Waals surface area contributed by atoms with Crippen LogP contribution in [0.2, 0.25) is 0 Å². The molecule has 0 spiro atoms. The Morgan fingerprint density at radius 2 is 2.00 bits per heavy atom. The van der Waals surface area contributed by atoms with Gasteiger partial charge in [0.1, 0.15) is 0 Å². The molecule has 4 nitrogen and oxygen atoms in total. The summed E-state index contributed by atoms with van der Waals surface area (Å²) in [4.78, 5) is 11.2. The van der Waals surface area contributed by atoms with Gasteiger partial charge in [0.2, 0.25) is 0 Å². The number of carbonyl (C=O) groups is 1. The highest BCUT2D eigenvalue weighted by atomic mass is 16.4. The Morgan fingerprint density at radius 1 is 1.67 bits per heavy atom. The Hall–Kier alpha value is -0.770. The summed E-state index contributed by atoms with van der Waals surface area (Å²) in [6.45, 7) is 3.25. The van der Waals surface area contributed by atoms with E-state index in [9.17, 15) is 4.79 Å². The topological polar surface area (TPSA) is 66.6 Å². The van der Waals surface area contributed by atoms with Crippen molar-refractivity contribution in [3.8, 4) is 0 Å². The van der Waals surface area contributed by atoms with E-state index in [0.717, 1.165) is 4.90 Å². The summed E-state index contributed by atoms with van der Waals surface area (Å²) < 4.78 is 0. The molecule has 0 unspecified atom stereocenters. The van der Waals surface area contributed by atoms with E-state index in [4.69, 9.17) is 10.8 Å². The number of carboxylic acid groups (broad SMARTS) is 1. The van der Waals surface area contributed by atoms with Crippen molar-refractivity contribution in [2.75, 3.05) is 7.05 Å². The van der Waals surface area contributed by atoms with Gasteiger partial charge in [-0.05, 0) is 13.8 Å². The third kappa shape index (κ3) is 2.32. The molecule has 0 rings (SSSR count). The molecule has 0 atom stereocenters. The summed E-state index contributed by atoms with van der Waals surface area (Å²) in [7, 11) is 1.43. The number of nitrogens with two attached hydrogens (primary N) is 1. The van der Waals surface area contributed by atoms with Crippen molar-refractivity contribution < 1.29 is 9.90 Å². The molecule has 0 aromatic heterocycles. The molecule has 1 amide bonds. The monoisotopic (exact) mass is 132 g/mol. The van der Waals surface area contributed by atoms with Crippen molar-refractivity contribution in [3.63, 3.8) is 0 Å². The largest absolute Gasteiger partial charge is 0.465 e. The zero-order chi connectivity index (χ0) is 7.65. The molecular formula is C5H12N2O2. The van der Waals surface area contributed by atoms with Crippen molar-refractivity contribution in [2.45, 2.75) is 19.5 Å². The number of amides is 1. The van der Waals surface area contributed by atoms with Gasteiger partial charge in [0.15, 0.2) is 0 Å². The summed E-state index contributed by atoms with van der Waals surface area (Å²) in [6.07, 6.45) is -1.01. The lowest BCUT2D eigenvalue weighted by Crippen LogP contribution is -2.51. The molecule has 0 saturated heterocycles. The van der Waals surface area contributed by atoms with Gasteiger partial charge in [-0.15, -0.1) is 0 Å². The second-order valence-electron chi connectivity index (χ2n) is 2.50. The van der Waals surface area contributed by atoms with Gasteiger partial charge in [0.05, 0.1) is 5.66 Å². The smallest absolute Gasteiger partial charge is 0.408 e. The van der Waals surface area contributed by atoms with Crippen LogP contribution in [0.15, 0.2) is 0 Å². The fraction of sp³-hybridized carbons (Fsp3) is 0.800. The van der Waals surface area contributed by atoms with Crippen LogP contribution in [0.25, 0.3) is 0 Å². The highest BCUT2D eigenvalue weighted by molar-refractivity contribution is 5.65. The van der Waals surface area contributed by atoms with Crippen LogP contribution in [0.1, 0.15) is 13.8 Å². The van der Waals surface area contributed by atoms with Crippen molar-refractivity contribution in [2.24, 2.45) is 5.73 Å². The average molecular weight is 132 g/mol. The highest BCUT2D eigenvalue weighted by Crippen LogP contribution is 2.02. The van der Waals surface area contributed by atoms with Gasteiger partial charge in [-0.2, -0.15) is 0 Å². The Kier molecular flexibility index (Phi) is 2.03. The summed E-state index contributed by atoms with van der Waals surface area (Å²) in [5.41, 5.74) is 4.64. The van der Waals surface area contributed by atoms with Crippen LogP contribution in [0, 0.1) is 0 Å². The Labute approximate surface area is 54.3 Å². The van der Waals surface area contributed by atoms with E-state index >= 15 is 0 Å². The van der Waals surface area contributed by atoms with Crippen molar-refractivity contribution in [1.29, 1.82) is 0 Å². The molecule has 0 aliphatic rings. The minimum atomic E-state index is -1.01. The molecule has 0 aliphatic heterocycles. The zero-order valence-corrected chi connectivity index (χ0v) is 5.88. The lowest BCUT2D eigenvalue weighted by molar-refractivity contribution is 0.113. The molecule has 4 heteroatoms. The van der Waals surface area contributed by atoms with Crippen molar-refractivity contribution in [3.05, 3.63) is 0 Å². The number of rotatable bonds is 1. The van der Waals surface area contributed by atoms with Gasteiger partial charge < -0.3 is 10.8 Å². The summed E-state index contributed by atoms with van der Waals surface area (Å²) >= 11 is 0. The number of nitrogens with zero attached hydrogens (tertiary/aromatic N) is 1. The normalized spacial score (nSPS) is 11.1. The SMILES string of the molecule is CN(C(=O)O)C(C)(C)N. The molecule has 0 aromatic carbocycles. The van der Waals surface area contributed by atoms with E-state index in [2.05, 4.69) is 0 Å². The Bertz CT molecular complexity index is 117. The third-order valence-electron chi connectivity index (χ3n) is 1.15. The first-order chi connectivity index (χ1) is 3.85. The Morgan fingerprint density at radius 3 is 2.00 bits per heavy atom. The summed E-state index contributed by atoms with van der Waals surface area (Å²) in [5.74, 6) is 0. The second-order valence-corrected chi connectivity index (χ2v) is 2.50. The van der Waals surface area contributed by atoms with Gasteiger partial charge in [-0.3, -0.25) is 4.90 Å². The highest BCUT2D eigenvalue weighted by Gasteiger charge is 2.21. The quantitative estimate of drug-likeness (QED) is 0.504. The van der Waals surface area contributed by atoms with Crippen LogP contribution in [-0.2, 0) is 0 Å². The maximum atomic E-state index is 10.2. The third-order valence-corrected chi connectivity index (χ3v) is 1.15. The van der Waals surface area contributed by atoms with Gasteiger partial charge >= 0.3 is 6.09 Å². The minimum absolute atomic E-state index is 0.786. The molecule has 0 radical (unpaired) electrons. The predicted octanol–water partition coefficient (Wildman–Crippen LogP) is 0.291. The van der Waals surface area contributed by atoms with Crippen LogP contribution in [0.3, 0.4) is 0 Å². The van der Waals surface area contributed by atoms with E-state index < -0.39 is 11.8 Å². The van der Waals surface area contributed by atoms with Crippen LogP contribution < -0.4 is 5.73 Å². The van der Waals surface area contributed by atoms with E-state index in [1.54, 1.807) is 13.8 Å².